The van der Waals surface area contributed by atoms with E-state index < -0.39 is 0 Å². The van der Waals surface area contributed by atoms with E-state index in [2.05, 4.69) is 20.3 Å². The fraction of sp³-hybridized carbons (Fsp3) is 0.625. The summed E-state index contributed by atoms with van der Waals surface area (Å²) in [7, 11) is 1.70. The summed E-state index contributed by atoms with van der Waals surface area (Å²) in [5.41, 5.74) is -0.383. The van der Waals surface area contributed by atoms with Crippen molar-refractivity contribution >= 4 is 11.9 Å². The van der Waals surface area contributed by atoms with Crippen molar-refractivity contribution in [2.75, 3.05) is 30.4 Å². The highest BCUT2D eigenvalue weighted by molar-refractivity contribution is 5.34. The van der Waals surface area contributed by atoms with E-state index in [1.54, 1.807) is 7.05 Å². The fourth-order valence-electron chi connectivity index (χ4n) is 1.14. The number of nitrogens with one attached hydrogen (secondary N) is 2. The molecule has 2 N–H and O–H groups in total. The third-order valence-corrected chi connectivity index (χ3v) is 1.92. The van der Waals surface area contributed by atoms with E-state index in [-0.39, 0.29) is 5.69 Å². The van der Waals surface area contributed by atoms with Crippen LogP contribution in [0.25, 0.3) is 0 Å². The molecule has 0 aromatic carbocycles. The van der Waals surface area contributed by atoms with Crippen LogP contribution in [0.4, 0.5) is 11.9 Å². The van der Waals surface area contributed by atoms with Gasteiger partial charge in [0.25, 0.3) is 0 Å². The zero-order valence-electron chi connectivity index (χ0n) is 8.66. The van der Waals surface area contributed by atoms with Gasteiger partial charge in [-0.25, -0.2) is 4.79 Å². The Morgan fingerprint density at radius 3 is 2.50 bits per heavy atom. The van der Waals surface area contributed by atoms with Gasteiger partial charge in [0.05, 0.1) is 0 Å². The van der Waals surface area contributed by atoms with Gasteiger partial charge in [-0.15, -0.1) is 0 Å². The van der Waals surface area contributed by atoms with Crippen molar-refractivity contribution < 1.29 is 0 Å². The Hall–Kier alpha value is -1.59. The molecule has 1 aromatic heterocycles. The van der Waals surface area contributed by atoms with Gasteiger partial charge in [-0.3, -0.25) is 4.98 Å². The molecular formula is C8H15N5O. The number of anilines is 2. The highest BCUT2D eigenvalue weighted by Gasteiger charge is 2.07. The molecular weight excluding hydrogens is 182 g/mol. The monoisotopic (exact) mass is 197 g/mol. The molecule has 0 radical (unpaired) electrons. The molecule has 1 aromatic rings. The molecule has 6 nitrogen and oxygen atoms in total. The molecule has 0 saturated heterocycles. The maximum absolute atomic E-state index is 11.1. The number of rotatable bonds is 4. The minimum atomic E-state index is -0.383. The second-order valence-corrected chi connectivity index (χ2v) is 2.72. The van der Waals surface area contributed by atoms with E-state index in [0.29, 0.717) is 11.9 Å². The van der Waals surface area contributed by atoms with Gasteiger partial charge in [0, 0.05) is 20.1 Å². The van der Waals surface area contributed by atoms with Crippen LogP contribution in [0.3, 0.4) is 0 Å². The third-order valence-electron chi connectivity index (χ3n) is 1.92. The summed E-state index contributed by atoms with van der Waals surface area (Å²) < 4.78 is 0. The minimum absolute atomic E-state index is 0.383. The van der Waals surface area contributed by atoms with Crippen LogP contribution < -0.4 is 15.9 Å². The summed E-state index contributed by atoms with van der Waals surface area (Å²) in [6, 6.07) is 0. The molecule has 0 aliphatic carbocycles. The molecule has 1 rings (SSSR count). The molecule has 0 spiro atoms. The molecule has 0 bridgehead atoms. The standard InChI is InChI=1S/C8H15N5O/c1-4-13(5-2)7-10-6(9-3)11-8(14)12-7/h4-5H2,1-3H3,(H2,9,10,11,12,14). The lowest BCUT2D eigenvalue weighted by atomic mass is 10.5. The van der Waals surface area contributed by atoms with Crippen LogP contribution in [0.1, 0.15) is 13.8 Å². The average molecular weight is 197 g/mol. The molecule has 1 heterocycles. The predicted octanol–water partition coefficient (Wildman–Crippen LogP) is 0.0528. The van der Waals surface area contributed by atoms with Crippen molar-refractivity contribution in [3.8, 4) is 0 Å². The summed E-state index contributed by atoms with van der Waals surface area (Å²) in [4.78, 5) is 23.5. The Labute approximate surface area is 82.4 Å². The Kier molecular flexibility index (Phi) is 3.44. The van der Waals surface area contributed by atoms with Gasteiger partial charge < -0.3 is 10.2 Å². The van der Waals surface area contributed by atoms with Crippen molar-refractivity contribution in [3.63, 3.8) is 0 Å². The van der Waals surface area contributed by atoms with Crippen molar-refractivity contribution in [2.45, 2.75) is 13.8 Å². The smallest absolute Gasteiger partial charge is 0.350 e. The maximum Gasteiger partial charge on any atom is 0.350 e. The van der Waals surface area contributed by atoms with Gasteiger partial charge in [0.15, 0.2) is 0 Å². The first-order chi connectivity index (χ1) is 6.71. The van der Waals surface area contributed by atoms with Crippen molar-refractivity contribution in [3.05, 3.63) is 10.5 Å². The molecule has 6 heteroatoms. The molecule has 0 amide bonds. The first-order valence-corrected chi connectivity index (χ1v) is 4.62. The average Bonchev–Trinajstić information content (AvgIpc) is 2.19. The van der Waals surface area contributed by atoms with Crippen LogP contribution in [0.2, 0.25) is 0 Å². The normalized spacial score (nSPS) is 9.93. The number of hydrogen-bond donors (Lipinski definition) is 2. The van der Waals surface area contributed by atoms with Gasteiger partial charge in [-0.2, -0.15) is 9.97 Å². The lowest BCUT2D eigenvalue weighted by Crippen LogP contribution is -2.28. The van der Waals surface area contributed by atoms with E-state index in [4.69, 9.17) is 0 Å². The molecule has 0 atom stereocenters. The predicted molar refractivity (Wildman–Crippen MR) is 55.8 cm³/mol. The van der Waals surface area contributed by atoms with Gasteiger partial charge >= 0.3 is 5.69 Å². The van der Waals surface area contributed by atoms with Gasteiger partial charge in [-0.05, 0) is 13.8 Å². The van der Waals surface area contributed by atoms with E-state index in [1.807, 2.05) is 18.7 Å². The third kappa shape index (κ3) is 2.21. The van der Waals surface area contributed by atoms with E-state index in [9.17, 15) is 4.79 Å². The quantitative estimate of drug-likeness (QED) is 0.713. The Balaban J connectivity index is 3.07. The van der Waals surface area contributed by atoms with E-state index in [1.165, 1.54) is 0 Å². The van der Waals surface area contributed by atoms with Crippen LogP contribution in [0, 0.1) is 0 Å². The topological polar surface area (TPSA) is 73.9 Å². The second-order valence-electron chi connectivity index (χ2n) is 2.72. The Morgan fingerprint density at radius 1 is 1.36 bits per heavy atom. The first-order valence-electron chi connectivity index (χ1n) is 4.62. The van der Waals surface area contributed by atoms with Crippen LogP contribution in [0.5, 0.6) is 0 Å². The summed E-state index contributed by atoms with van der Waals surface area (Å²) in [6.45, 7) is 5.55. The molecule has 0 unspecified atom stereocenters. The zero-order valence-corrected chi connectivity index (χ0v) is 8.66. The van der Waals surface area contributed by atoms with Crippen LogP contribution >= 0.6 is 0 Å². The second kappa shape index (κ2) is 4.59. The number of nitrogens with zero attached hydrogens (tertiary/aromatic N) is 3. The fourth-order valence-corrected chi connectivity index (χ4v) is 1.14. The van der Waals surface area contributed by atoms with Crippen LogP contribution in [0.15, 0.2) is 4.79 Å². The zero-order chi connectivity index (χ0) is 10.6. The van der Waals surface area contributed by atoms with Crippen LogP contribution in [-0.4, -0.2) is 35.1 Å². The molecule has 0 aliphatic heterocycles. The minimum Gasteiger partial charge on any atom is -0.359 e. The lowest BCUT2D eigenvalue weighted by Gasteiger charge is -2.17. The lowest BCUT2D eigenvalue weighted by molar-refractivity contribution is 0.804. The van der Waals surface area contributed by atoms with Crippen LogP contribution in [-0.2, 0) is 0 Å². The highest BCUT2D eigenvalue weighted by atomic mass is 16.1. The largest absolute Gasteiger partial charge is 0.359 e. The van der Waals surface area contributed by atoms with Crippen molar-refractivity contribution in [1.29, 1.82) is 0 Å². The highest BCUT2D eigenvalue weighted by Crippen LogP contribution is 2.04. The van der Waals surface area contributed by atoms with E-state index >= 15 is 0 Å². The summed E-state index contributed by atoms with van der Waals surface area (Å²) in [5, 5.41) is 2.78. The number of hydrogen-bond acceptors (Lipinski definition) is 5. The SMILES string of the molecule is CCN(CC)c1nc(NC)[nH]c(=O)n1. The summed E-state index contributed by atoms with van der Waals surface area (Å²) >= 11 is 0. The molecule has 0 saturated carbocycles. The Bertz CT molecular complexity index is 344. The number of aromatic nitrogens is 3. The number of H-pyrrole nitrogens is 1. The summed E-state index contributed by atoms with van der Waals surface area (Å²) in [6.07, 6.45) is 0. The van der Waals surface area contributed by atoms with Gasteiger partial charge in [0.2, 0.25) is 11.9 Å². The van der Waals surface area contributed by atoms with Gasteiger partial charge in [0.1, 0.15) is 0 Å². The Morgan fingerprint density at radius 2 is 2.00 bits per heavy atom. The van der Waals surface area contributed by atoms with Crippen molar-refractivity contribution in [2.24, 2.45) is 0 Å². The van der Waals surface area contributed by atoms with Crippen molar-refractivity contribution in [1.82, 2.24) is 15.0 Å². The molecule has 0 fully saturated rings. The first kappa shape index (κ1) is 10.5. The molecule has 14 heavy (non-hydrogen) atoms. The molecule has 78 valence electrons. The maximum atomic E-state index is 11.1. The molecule has 0 aliphatic rings. The van der Waals surface area contributed by atoms with Gasteiger partial charge in [-0.1, -0.05) is 0 Å². The van der Waals surface area contributed by atoms with E-state index in [0.717, 1.165) is 13.1 Å². The summed E-state index contributed by atoms with van der Waals surface area (Å²) in [5.74, 6) is 0.898. The number of aromatic amines is 1.